The molecule has 1 fully saturated rings. The van der Waals surface area contributed by atoms with Gasteiger partial charge in [-0.2, -0.15) is 0 Å². The van der Waals surface area contributed by atoms with E-state index in [-0.39, 0.29) is 10.8 Å². The summed E-state index contributed by atoms with van der Waals surface area (Å²) in [5.74, 6) is 0.821. The molecule has 0 amide bonds. The molecule has 1 saturated heterocycles. The molecule has 0 aliphatic carbocycles. The van der Waals surface area contributed by atoms with E-state index in [1.165, 1.54) is 0 Å². The van der Waals surface area contributed by atoms with E-state index < -0.39 is 0 Å². The zero-order valence-electron chi connectivity index (χ0n) is 10.7. The quantitative estimate of drug-likeness (QED) is 0.703. The first kappa shape index (κ1) is 12.7. The van der Waals surface area contributed by atoms with Crippen LogP contribution in [-0.2, 0) is 9.53 Å². The number of carbonyl (C=O) groups is 1. The standard InChI is InChI=1S/C13H24O2/c1-10(2)13(6-8-15-9-7-13)11(14)12(3,4)5/h10H,6-9H2,1-5H3. The summed E-state index contributed by atoms with van der Waals surface area (Å²) in [6.07, 6.45) is 1.78. The summed E-state index contributed by atoms with van der Waals surface area (Å²) in [7, 11) is 0. The molecule has 0 aromatic heterocycles. The molecule has 0 aromatic rings. The van der Waals surface area contributed by atoms with Crippen molar-refractivity contribution in [2.24, 2.45) is 16.7 Å². The molecule has 1 rings (SSSR count). The highest BCUT2D eigenvalue weighted by atomic mass is 16.5. The summed E-state index contributed by atoms with van der Waals surface area (Å²) < 4.78 is 5.39. The predicted octanol–water partition coefficient (Wildman–Crippen LogP) is 3.05. The first-order valence-electron chi connectivity index (χ1n) is 5.93. The topological polar surface area (TPSA) is 26.3 Å². The van der Waals surface area contributed by atoms with Gasteiger partial charge in [-0.25, -0.2) is 0 Å². The van der Waals surface area contributed by atoms with E-state index >= 15 is 0 Å². The van der Waals surface area contributed by atoms with Gasteiger partial charge in [-0.1, -0.05) is 34.6 Å². The zero-order valence-corrected chi connectivity index (χ0v) is 10.7. The lowest BCUT2D eigenvalue weighted by atomic mass is 9.62. The van der Waals surface area contributed by atoms with Crippen LogP contribution in [0.2, 0.25) is 0 Å². The number of hydrogen-bond donors (Lipinski definition) is 0. The van der Waals surface area contributed by atoms with Gasteiger partial charge in [0.05, 0.1) is 0 Å². The van der Waals surface area contributed by atoms with Gasteiger partial charge in [0.1, 0.15) is 5.78 Å². The Balaban J connectivity index is 2.95. The van der Waals surface area contributed by atoms with Crippen molar-refractivity contribution in [2.45, 2.75) is 47.5 Å². The summed E-state index contributed by atoms with van der Waals surface area (Å²) >= 11 is 0. The van der Waals surface area contributed by atoms with Gasteiger partial charge in [0.2, 0.25) is 0 Å². The highest BCUT2D eigenvalue weighted by Gasteiger charge is 2.46. The van der Waals surface area contributed by atoms with E-state index in [0.717, 1.165) is 26.1 Å². The fourth-order valence-corrected chi connectivity index (χ4v) is 2.55. The van der Waals surface area contributed by atoms with Crippen LogP contribution >= 0.6 is 0 Å². The van der Waals surface area contributed by atoms with Crippen LogP contribution in [0.3, 0.4) is 0 Å². The normalized spacial score (nSPS) is 21.7. The summed E-state index contributed by atoms with van der Waals surface area (Å²) in [6.45, 7) is 11.9. The van der Waals surface area contributed by atoms with Gasteiger partial charge in [-0.3, -0.25) is 4.79 Å². The Kier molecular flexibility index (Phi) is 3.59. The molecule has 15 heavy (non-hydrogen) atoms. The fourth-order valence-electron chi connectivity index (χ4n) is 2.55. The lowest BCUT2D eigenvalue weighted by Gasteiger charge is -2.43. The second kappa shape index (κ2) is 4.25. The number of ketones is 1. The van der Waals surface area contributed by atoms with Crippen LogP contribution in [0.5, 0.6) is 0 Å². The average Bonchev–Trinajstić information content (AvgIpc) is 2.16. The molecule has 1 aliphatic rings. The molecule has 0 unspecified atom stereocenters. The molecule has 0 radical (unpaired) electrons. The summed E-state index contributed by atoms with van der Waals surface area (Å²) in [5.41, 5.74) is -0.377. The molecule has 0 aromatic carbocycles. The Morgan fingerprint density at radius 2 is 1.67 bits per heavy atom. The molecule has 0 N–H and O–H groups in total. The number of ether oxygens (including phenoxy) is 1. The molecule has 2 heteroatoms. The third-order valence-electron chi connectivity index (χ3n) is 3.62. The maximum atomic E-state index is 12.5. The highest BCUT2D eigenvalue weighted by molar-refractivity contribution is 5.89. The minimum atomic E-state index is -0.235. The molecule has 1 heterocycles. The van der Waals surface area contributed by atoms with Crippen molar-refractivity contribution in [3.05, 3.63) is 0 Å². The summed E-state index contributed by atoms with van der Waals surface area (Å²) in [4.78, 5) is 12.5. The number of Topliss-reactive ketones (excluding diaryl/α,β-unsaturated/α-hetero) is 1. The molecule has 0 spiro atoms. The molecule has 0 bridgehead atoms. The van der Waals surface area contributed by atoms with E-state index in [1.54, 1.807) is 0 Å². The summed E-state index contributed by atoms with van der Waals surface area (Å²) in [6, 6.07) is 0. The molecule has 0 atom stereocenters. The Morgan fingerprint density at radius 1 is 1.20 bits per heavy atom. The minimum Gasteiger partial charge on any atom is -0.381 e. The predicted molar refractivity (Wildman–Crippen MR) is 61.8 cm³/mol. The third-order valence-corrected chi connectivity index (χ3v) is 3.62. The van der Waals surface area contributed by atoms with E-state index in [0.29, 0.717) is 11.7 Å². The summed E-state index contributed by atoms with van der Waals surface area (Å²) in [5, 5.41) is 0. The van der Waals surface area contributed by atoms with E-state index in [1.807, 2.05) is 20.8 Å². The van der Waals surface area contributed by atoms with E-state index in [4.69, 9.17) is 4.74 Å². The van der Waals surface area contributed by atoms with Gasteiger partial charge in [-0.15, -0.1) is 0 Å². The van der Waals surface area contributed by atoms with Gasteiger partial charge in [-0.05, 0) is 18.8 Å². The van der Waals surface area contributed by atoms with Crippen molar-refractivity contribution in [3.8, 4) is 0 Å². The van der Waals surface area contributed by atoms with Gasteiger partial charge in [0.15, 0.2) is 0 Å². The van der Waals surface area contributed by atoms with Crippen LogP contribution in [0.1, 0.15) is 47.5 Å². The monoisotopic (exact) mass is 212 g/mol. The van der Waals surface area contributed by atoms with E-state index in [9.17, 15) is 4.79 Å². The van der Waals surface area contributed by atoms with Crippen LogP contribution in [0.4, 0.5) is 0 Å². The molecule has 2 nitrogen and oxygen atoms in total. The second-order valence-electron chi connectivity index (χ2n) is 6.00. The molecule has 1 aliphatic heterocycles. The van der Waals surface area contributed by atoms with Crippen molar-refractivity contribution in [3.63, 3.8) is 0 Å². The first-order valence-corrected chi connectivity index (χ1v) is 5.93. The largest absolute Gasteiger partial charge is 0.381 e. The van der Waals surface area contributed by atoms with Crippen molar-refractivity contribution in [2.75, 3.05) is 13.2 Å². The SMILES string of the molecule is CC(C)C1(C(=O)C(C)(C)C)CCOCC1. The molecule has 88 valence electrons. The smallest absolute Gasteiger partial charge is 0.144 e. The van der Waals surface area contributed by atoms with Crippen LogP contribution in [0, 0.1) is 16.7 Å². The Hall–Kier alpha value is -0.370. The average molecular weight is 212 g/mol. The van der Waals surface area contributed by atoms with Gasteiger partial charge in [0, 0.05) is 24.0 Å². The Morgan fingerprint density at radius 3 is 2.00 bits per heavy atom. The van der Waals surface area contributed by atoms with Crippen LogP contribution in [-0.4, -0.2) is 19.0 Å². The maximum Gasteiger partial charge on any atom is 0.144 e. The molecular weight excluding hydrogens is 188 g/mol. The van der Waals surface area contributed by atoms with Crippen molar-refractivity contribution >= 4 is 5.78 Å². The number of hydrogen-bond acceptors (Lipinski definition) is 2. The lowest BCUT2D eigenvalue weighted by molar-refractivity contribution is -0.146. The van der Waals surface area contributed by atoms with Gasteiger partial charge < -0.3 is 4.74 Å². The van der Waals surface area contributed by atoms with Gasteiger partial charge >= 0.3 is 0 Å². The van der Waals surface area contributed by atoms with Crippen LogP contribution in [0.25, 0.3) is 0 Å². The second-order valence-corrected chi connectivity index (χ2v) is 6.00. The van der Waals surface area contributed by atoms with Crippen LogP contribution < -0.4 is 0 Å². The van der Waals surface area contributed by atoms with Crippen molar-refractivity contribution < 1.29 is 9.53 Å². The number of carbonyl (C=O) groups excluding carboxylic acids is 1. The fraction of sp³-hybridized carbons (Fsp3) is 0.923. The third kappa shape index (κ3) is 2.41. The minimum absolute atomic E-state index is 0.142. The highest BCUT2D eigenvalue weighted by Crippen LogP contribution is 2.43. The Bertz CT molecular complexity index is 229. The van der Waals surface area contributed by atoms with E-state index in [2.05, 4.69) is 13.8 Å². The maximum absolute atomic E-state index is 12.5. The molecular formula is C13H24O2. The van der Waals surface area contributed by atoms with Crippen molar-refractivity contribution in [1.29, 1.82) is 0 Å². The van der Waals surface area contributed by atoms with Crippen LogP contribution in [0.15, 0.2) is 0 Å². The zero-order chi connectivity index (χ0) is 11.7. The lowest BCUT2D eigenvalue weighted by Crippen LogP contribution is -2.46. The van der Waals surface area contributed by atoms with Crippen molar-refractivity contribution in [1.82, 2.24) is 0 Å². The number of rotatable bonds is 2. The first-order chi connectivity index (χ1) is 6.81. The molecule has 0 saturated carbocycles. The Labute approximate surface area is 93.4 Å². The van der Waals surface area contributed by atoms with Gasteiger partial charge in [0.25, 0.3) is 0 Å².